The Balaban J connectivity index is 1.57. The third-order valence-corrected chi connectivity index (χ3v) is 6.26. The maximum Gasteiger partial charge on any atom is 0.290 e. The molecular weight excluding hydrogens is 390 g/mol. The van der Waals surface area contributed by atoms with Gasteiger partial charge in [-0.2, -0.15) is 0 Å². The first-order valence-corrected chi connectivity index (χ1v) is 10.7. The molecule has 0 aliphatic carbocycles. The maximum absolute atomic E-state index is 13.1. The summed E-state index contributed by atoms with van der Waals surface area (Å²) in [6.45, 7) is 4.81. The van der Waals surface area contributed by atoms with Gasteiger partial charge in [0.1, 0.15) is 19.1 Å². The fourth-order valence-corrected chi connectivity index (χ4v) is 4.59. The first-order valence-electron chi connectivity index (χ1n) is 9.81. The normalized spacial score (nSPS) is 20.5. The number of morpholine rings is 1. The highest BCUT2D eigenvalue weighted by Crippen LogP contribution is 2.38. The van der Waals surface area contributed by atoms with Crippen LogP contribution in [-0.4, -0.2) is 66.1 Å². The number of aliphatic hydroxyl groups is 1. The Hall–Kier alpha value is -2.55. The molecule has 1 saturated heterocycles. The molecule has 0 unspecified atom stereocenters. The van der Waals surface area contributed by atoms with Gasteiger partial charge in [0, 0.05) is 19.2 Å². The average Bonchev–Trinajstić information content (AvgIpc) is 3.38. The minimum Gasteiger partial charge on any atom is -0.503 e. The number of pyridine rings is 1. The molecule has 1 atom stereocenters. The lowest BCUT2D eigenvalue weighted by Gasteiger charge is -2.28. The van der Waals surface area contributed by atoms with Gasteiger partial charge in [-0.1, -0.05) is 12.1 Å². The van der Waals surface area contributed by atoms with Crippen molar-refractivity contribution >= 4 is 23.0 Å². The van der Waals surface area contributed by atoms with Crippen LogP contribution >= 0.6 is 11.3 Å². The lowest BCUT2D eigenvalue weighted by Crippen LogP contribution is -3.14. The summed E-state index contributed by atoms with van der Waals surface area (Å²) in [6, 6.07) is 8.22. The summed E-state index contributed by atoms with van der Waals surface area (Å²) >= 11 is 1.30. The van der Waals surface area contributed by atoms with E-state index in [0.29, 0.717) is 17.1 Å². The number of nitrogens with one attached hydrogen (secondary N) is 1. The molecule has 152 valence electrons. The zero-order valence-corrected chi connectivity index (χ0v) is 16.9. The number of quaternary nitrogens is 1. The lowest BCUT2D eigenvalue weighted by atomic mass is 9.99. The summed E-state index contributed by atoms with van der Waals surface area (Å²) in [5.74, 6) is -1.28. The van der Waals surface area contributed by atoms with Gasteiger partial charge in [-0.25, -0.2) is 0 Å². The van der Waals surface area contributed by atoms with Crippen molar-refractivity contribution < 1.29 is 24.3 Å². The molecule has 0 spiro atoms. The number of ketones is 1. The van der Waals surface area contributed by atoms with Crippen LogP contribution in [0.1, 0.15) is 27.8 Å². The minimum atomic E-state index is -0.669. The van der Waals surface area contributed by atoms with Gasteiger partial charge >= 0.3 is 0 Å². The van der Waals surface area contributed by atoms with Crippen LogP contribution in [0.3, 0.4) is 0 Å². The van der Waals surface area contributed by atoms with Crippen LogP contribution in [0.2, 0.25) is 0 Å². The van der Waals surface area contributed by atoms with E-state index in [1.807, 2.05) is 6.07 Å². The first kappa shape index (κ1) is 19.8. The zero-order valence-electron chi connectivity index (χ0n) is 16.0. The molecule has 8 heteroatoms. The number of ether oxygens (including phenoxy) is 1. The maximum atomic E-state index is 13.1. The molecule has 4 rings (SSSR count). The largest absolute Gasteiger partial charge is 0.503 e. The summed E-state index contributed by atoms with van der Waals surface area (Å²) in [7, 11) is 0. The number of carbonyl (C=O) groups is 2. The van der Waals surface area contributed by atoms with E-state index in [4.69, 9.17) is 4.74 Å². The summed E-state index contributed by atoms with van der Waals surface area (Å²) in [4.78, 5) is 33.9. The van der Waals surface area contributed by atoms with Gasteiger partial charge in [0.15, 0.2) is 5.76 Å². The van der Waals surface area contributed by atoms with Crippen molar-refractivity contribution in [2.45, 2.75) is 12.5 Å². The molecule has 2 aromatic rings. The molecule has 0 saturated carbocycles. The number of hydrogen-bond acceptors (Lipinski definition) is 6. The second kappa shape index (κ2) is 8.86. The molecule has 2 aliphatic heterocycles. The highest BCUT2D eigenvalue weighted by atomic mass is 32.1. The van der Waals surface area contributed by atoms with Crippen LogP contribution in [0.4, 0.5) is 0 Å². The van der Waals surface area contributed by atoms with Crippen molar-refractivity contribution in [1.82, 2.24) is 9.88 Å². The van der Waals surface area contributed by atoms with E-state index in [-0.39, 0.29) is 11.4 Å². The number of hydrogen-bond donors (Lipinski definition) is 2. The summed E-state index contributed by atoms with van der Waals surface area (Å²) in [5.41, 5.74) is 0.707. The summed E-state index contributed by atoms with van der Waals surface area (Å²) < 4.78 is 5.39. The molecule has 2 aliphatic rings. The van der Waals surface area contributed by atoms with Crippen molar-refractivity contribution in [1.29, 1.82) is 0 Å². The van der Waals surface area contributed by atoms with E-state index < -0.39 is 17.7 Å². The number of rotatable bonds is 7. The Morgan fingerprint density at radius 3 is 2.79 bits per heavy atom. The molecule has 4 heterocycles. The van der Waals surface area contributed by atoms with Crippen LogP contribution in [0, 0.1) is 0 Å². The third-order valence-electron chi connectivity index (χ3n) is 5.39. The van der Waals surface area contributed by atoms with Crippen molar-refractivity contribution in [2.24, 2.45) is 0 Å². The molecule has 0 aromatic carbocycles. The highest BCUT2D eigenvalue weighted by Gasteiger charge is 2.44. The average molecular weight is 415 g/mol. The fraction of sp³-hybridized carbons (Fsp3) is 0.381. The standard InChI is InChI=1S/C21H23N3O4S/c25-19(16-6-3-14-29-16)17-18(15-5-1-2-7-22-15)24(21(27)20(17)26)9-4-8-23-10-12-28-13-11-23/h1-3,5-7,14,18,26H,4,8-13H2/p+1/t18-/m1/s1. The van der Waals surface area contributed by atoms with Gasteiger partial charge in [0.25, 0.3) is 5.91 Å². The van der Waals surface area contributed by atoms with E-state index in [9.17, 15) is 14.7 Å². The quantitative estimate of drug-likeness (QED) is 0.661. The van der Waals surface area contributed by atoms with E-state index in [1.54, 1.807) is 40.7 Å². The zero-order chi connectivity index (χ0) is 20.2. The van der Waals surface area contributed by atoms with E-state index in [2.05, 4.69) is 4.98 Å². The lowest BCUT2D eigenvalue weighted by molar-refractivity contribution is -0.908. The molecule has 29 heavy (non-hydrogen) atoms. The molecule has 1 amide bonds. The molecule has 0 bridgehead atoms. The Labute approximate surface area is 173 Å². The SMILES string of the molecule is O=C(C1=C(O)C(=O)N(CCC[NH+]2CCOCC2)[C@@H]1c1ccccn1)c1cccs1. The van der Waals surface area contributed by atoms with Crippen LogP contribution in [0.5, 0.6) is 0 Å². The van der Waals surface area contributed by atoms with E-state index in [1.165, 1.54) is 16.2 Å². The molecule has 0 radical (unpaired) electrons. The Morgan fingerprint density at radius 2 is 2.10 bits per heavy atom. The van der Waals surface area contributed by atoms with Crippen LogP contribution in [0.15, 0.2) is 53.2 Å². The smallest absolute Gasteiger partial charge is 0.290 e. The molecule has 2 aromatic heterocycles. The highest BCUT2D eigenvalue weighted by molar-refractivity contribution is 7.12. The van der Waals surface area contributed by atoms with Crippen molar-refractivity contribution in [3.8, 4) is 0 Å². The second-order valence-corrected chi connectivity index (χ2v) is 8.14. The predicted octanol–water partition coefficient (Wildman–Crippen LogP) is 1.03. The number of carbonyl (C=O) groups excluding carboxylic acids is 2. The number of Topliss-reactive ketones (excluding diaryl/α,β-unsaturated/α-hetero) is 1. The molecular formula is C21H24N3O4S+. The Morgan fingerprint density at radius 1 is 1.28 bits per heavy atom. The summed E-state index contributed by atoms with van der Waals surface area (Å²) in [5, 5.41) is 12.4. The monoisotopic (exact) mass is 414 g/mol. The van der Waals surface area contributed by atoms with E-state index >= 15 is 0 Å². The van der Waals surface area contributed by atoms with Gasteiger partial charge in [-0.3, -0.25) is 14.6 Å². The van der Waals surface area contributed by atoms with Crippen LogP contribution in [0.25, 0.3) is 0 Å². The predicted molar refractivity (Wildman–Crippen MR) is 108 cm³/mol. The third kappa shape index (κ3) is 4.10. The van der Waals surface area contributed by atoms with Gasteiger partial charge in [0.2, 0.25) is 5.78 Å². The van der Waals surface area contributed by atoms with Gasteiger partial charge < -0.3 is 19.6 Å². The van der Waals surface area contributed by atoms with Gasteiger partial charge in [-0.05, 0) is 23.6 Å². The van der Waals surface area contributed by atoms with Crippen molar-refractivity contribution in [2.75, 3.05) is 39.4 Å². The minimum absolute atomic E-state index is 0.120. The number of thiophene rings is 1. The van der Waals surface area contributed by atoms with Crippen LogP contribution in [-0.2, 0) is 9.53 Å². The number of nitrogens with zero attached hydrogens (tertiary/aromatic N) is 2. The molecule has 7 nitrogen and oxygen atoms in total. The van der Waals surface area contributed by atoms with Crippen molar-refractivity contribution in [3.05, 3.63) is 63.8 Å². The van der Waals surface area contributed by atoms with Crippen LogP contribution < -0.4 is 4.90 Å². The molecule has 2 N–H and O–H groups in total. The summed E-state index contributed by atoms with van der Waals surface area (Å²) in [6.07, 6.45) is 2.41. The first-order chi connectivity index (χ1) is 14.2. The van der Waals surface area contributed by atoms with Gasteiger partial charge in [0.05, 0.1) is 35.9 Å². The van der Waals surface area contributed by atoms with E-state index in [0.717, 1.165) is 39.3 Å². The Bertz CT molecular complexity index is 892. The van der Waals surface area contributed by atoms with Gasteiger partial charge in [-0.15, -0.1) is 11.3 Å². The number of amides is 1. The number of aliphatic hydroxyl groups excluding tert-OH is 1. The Kier molecular flexibility index (Phi) is 6.03. The molecule has 1 fully saturated rings. The second-order valence-electron chi connectivity index (χ2n) is 7.19. The van der Waals surface area contributed by atoms with Crippen molar-refractivity contribution in [3.63, 3.8) is 0 Å². The topological polar surface area (TPSA) is 84.2 Å². The number of aromatic nitrogens is 1. The fourth-order valence-electron chi connectivity index (χ4n) is 3.91.